The van der Waals surface area contributed by atoms with E-state index in [-0.39, 0.29) is 0 Å². The number of halogens is 1. The van der Waals surface area contributed by atoms with Crippen LogP contribution in [0.4, 0.5) is 15.8 Å². The van der Waals surface area contributed by atoms with Gasteiger partial charge in [-0.05, 0) is 19.1 Å². The number of carbonyl (C=O) groups excluding carboxylic acids is 1. The normalized spacial score (nSPS) is 10.4. The predicted molar refractivity (Wildman–Crippen MR) is 56.5 cm³/mol. The third-order valence-corrected chi connectivity index (χ3v) is 1.75. The first-order valence-corrected chi connectivity index (χ1v) is 4.43. The van der Waals surface area contributed by atoms with Gasteiger partial charge in [-0.3, -0.25) is 14.9 Å². The highest BCUT2D eigenvalue weighted by molar-refractivity contribution is 6.00. The van der Waals surface area contributed by atoms with Gasteiger partial charge in [-0.15, -0.1) is 0 Å². The van der Waals surface area contributed by atoms with E-state index in [1.165, 1.54) is 12.1 Å². The maximum Gasteiger partial charge on any atom is 0.295 e. The summed E-state index contributed by atoms with van der Waals surface area (Å²) in [5, 5.41) is 12.7. The molecule has 0 saturated carbocycles. The molecule has 1 aromatic rings. The summed E-state index contributed by atoms with van der Waals surface area (Å²) in [5.41, 5.74) is -0.895. The van der Waals surface area contributed by atoms with Crippen molar-refractivity contribution in [3.63, 3.8) is 0 Å². The van der Waals surface area contributed by atoms with Crippen LogP contribution in [0, 0.1) is 15.9 Å². The molecule has 16 heavy (non-hydrogen) atoms. The van der Waals surface area contributed by atoms with Crippen LogP contribution in [0.15, 0.2) is 30.4 Å². The van der Waals surface area contributed by atoms with E-state index in [0.29, 0.717) is 0 Å². The van der Waals surface area contributed by atoms with Gasteiger partial charge in [-0.1, -0.05) is 12.1 Å². The standard InChI is InChI=1S/C10H9FN2O3/c1-2-4-9(14)12-10-7(11)5-3-6-8(10)13(15)16/h2-6H,1H3,(H,12,14)/b4-2+. The van der Waals surface area contributed by atoms with E-state index >= 15 is 0 Å². The predicted octanol–water partition coefficient (Wildman–Crippen LogP) is 2.25. The lowest BCUT2D eigenvalue weighted by atomic mass is 10.2. The molecule has 0 radical (unpaired) electrons. The lowest BCUT2D eigenvalue weighted by Crippen LogP contribution is -2.11. The van der Waals surface area contributed by atoms with Crippen molar-refractivity contribution in [2.24, 2.45) is 0 Å². The maximum atomic E-state index is 13.3. The first kappa shape index (κ1) is 11.8. The largest absolute Gasteiger partial charge is 0.314 e. The average Bonchev–Trinajstić information content (AvgIpc) is 2.21. The summed E-state index contributed by atoms with van der Waals surface area (Å²) in [6, 6.07) is 3.37. The van der Waals surface area contributed by atoms with Gasteiger partial charge in [0.1, 0.15) is 0 Å². The third kappa shape index (κ3) is 2.63. The van der Waals surface area contributed by atoms with Crippen molar-refractivity contribution in [2.75, 3.05) is 5.32 Å². The molecule has 0 saturated heterocycles. The number of para-hydroxylation sites is 1. The summed E-state index contributed by atoms with van der Waals surface area (Å²) in [6.45, 7) is 1.61. The molecule has 0 fully saturated rings. The first-order chi connectivity index (χ1) is 7.56. The number of nitrogens with zero attached hydrogens (tertiary/aromatic N) is 1. The third-order valence-electron chi connectivity index (χ3n) is 1.75. The molecule has 84 valence electrons. The second kappa shape index (κ2) is 5.01. The fourth-order valence-electron chi connectivity index (χ4n) is 1.10. The maximum absolute atomic E-state index is 13.3. The van der Waals surface area contributed by atoms with Gasteiger partial charge in [0, 0.05) is 6.07 Å². The highest BCUT2D eigenvalue weighted by atomic mass is 19.1. The molecule has 0 atom stereocenters. The Morgan fingerprint density at radius 3 is 2.81 bits per heavy atom. The van der Waals surface area contributed by atoms with E-state index in [2.05, 4.69) is 5.32 Å². The van der Waals surface area contributed by atoms with Gasteiger partial charge in [0.25, 0.3) is 5.69 Å². The van der Waals surface area contributed by atoms with Gasteiger partial charge < -0.3 is 5.32 Å². The number of hydrogen-bond acceptors (Lipinski definition) is 3. The molecule has 1 aromatic carbocycles. The molecule has 0 aromatic heterocycles. The number of anilines is 1. The molecular formula is C10H9FN2O3. The zero-order valence-corrected chi connectivity index (χ0v) is 8.44. The van der Waals surface area contributed by atoms with Crippen molar-refractivity contribution in [3.05, 3.63) is 46.3 Å². The molecule has 6 heteroatoms. The number of hydrogen-bond donors (Lipinski definition) is 1. The van der Waals surface area contributed by atoms with Crippen molar-refractivity contribution in [1.29, 1.82) is 0 Å². The highest BCUT2D eigenvalue weighted by Gasteiger charge is 2.18. The molecule has 0 spiro atoms. The summed E-state index contributed by atoms with van der Waals surface area (Å²) < 4.78 is 13.3. The SMILES string of the molecule is C/C=C/C(=O)Nc1c(F)cccc1[N+](=O)[O-]. The Balaban J connectivity index is 3.11. The van der Waals surface area contributed by atoms with Gasteiger partial charge >= 0.3 is 0 Å². The Morgan fingerprint density at radius 1 is 1.56 bits per heavy atom. The van der Waals surface area contributed by atoms with Gasteiger partial charge in [-0.25, -0.2) is 4.39 Å². The van der Waals surface area contributed by atoms with Crippen molar-refractivity contribution < 1.29 is 14.1 Å². The molecule has 0 aliphatic carbocycles. The highest BCUT2D eigenvalue weighted by Crippen LogP contribution is 2.26. The fraction of sp³-hybridized carbons (Fsp3) is 0.100. The summed E-state index contributed by atoms with van der Waals surface area (Å²) >= 11 is 0. The number of benzene rings is 1. The Bertz CT molecular complexity index is 457. The minimum atomic E-state index is -0.841. The lowest BCUT2D eigenvalue weighted by Gasteiger charge is -2.04. The quantitative estimate of drug-likeness (QED) is 0.486. The number of amides is 1. The number of carbonyl (C=O) groups is 1. The van der Waals surface area contributed by atoms with E-state index in [0.717, 1.165) is 18.2 Å². The van der Waals surface area contributed by atoms with Crippen LogP contribution in [-0.4, -0.2) is 10.8 Å². The number of nitro groups is 1. The molecule has 0 aliphatic rings. The van der Waals surface area contributed by atoms with Crippen molar-refractivity contribution in [3.8, 4) is 0 Å². The van der Waals surface area contributed by atoms with Gasteiger partial charge in [0.15, 0.2) is 11.5 Å². The van der Waals surface area contributed by atoms with Crippen LogP contribution in [-0.2, 0) is 4.79 Å². The molecular weight excluding hydrogens is 215 g/mol. The van der Waals surface area contributed by atoms with Crippen LogP contribution in [0.3, 0.4) is 0 Å². The van der Waals surface area contributed by atoms with Crippen LogP contribution >= 0.6 is 0 Å². The van der Waals surface area contributed by atoms with E-state index in [9.17, 15) is 19.3 Å². The number of nitro benzene ring substituents is 1. The van der Waals surface area contributed by atoms with Crippen LogP contribution in [0.1, 0.15) is 6.92 Å². The van der Waals surface area contributed by atoms with Crippen molar-refractivity contribution in [2.45, 2.75) is 6.92 Å². The summed E-state index contributed by atoms with van der Waals surface area (Å²) in [7, 11) is 0. The number of nitrogens with one attached hydrogen (secondary N) is 1. The number of rotatable bonds is 3. The smallest absolute Gasteiger partial charge is 0.295 e. The molecule has 1 N–H and O–H groups in total. The summed E-state index contributed by atoms with van der Waals surface area (Å²) in [4.78, 5) is 21.0. The van der Waals surface area contributed by atoms with Crippen LogP contribution < -0.4 is 5.32 Å². The summed E-state index contributed by atoms with van der Waals surface area (Å²) in [6.07, 6.45) is 2.60. The number of allylic oxidation sites excluding steroid dienone is 1. The topological polar surface area (TPSA) is 72.2 Å². The molecule has 1 rings (SSSR count). The van der Waals surface area contributed by atoms with E-state index in [1.54, 1.807) is 6.92 Å². The van der Waals surface area contributed by atoms with Crippen LogP contribution in [0.5, 0.6) is 0 Å². The lowest BCUT2D eigenvalue weighted by molar-refractivity contribution is -0.384. The summed E-state index contributed by atoms with van der Waals surface area (Å²) in [5.74, 6) is -1.46. The molecule has 0 unspecified atom stereocenters. The van der Waals surface area contributed by atoms with Gasteiger partial charge in [-0.2, -0.15) is 0 Å². The molecule has 0 heterocycles. The van der Waals surface area contributed by atoms with Crippen molar-refractivity contribution in [1.82, 2.24) is 0 Å². The molecule has 0 aliphatic heterocycles. The van der Waals surface area contributed by atoms with Crippen molar-refractivity contribution >= 4 is 17.3 Å². The molecule has 0 bridgehead atoms. The van der Waals surface area contributed by atoms with E-state index in [1.807, 2.05) is 0 Å². The van der Waals surface area contributed by atoms with Crippen LogP contribution in [0.25, 0.3) is 0 Å². The van der Waals surface area contributed by atoms with Gasteiger partial charge in [0.05, 0.1) is 4.92 Å². The Labute approximate surface area is 90.7 Å². The first-order valence-electron chi connectivity index (χ1n) is 4.43. The second-order valence-corrected chi connectivity index (χ2v) is 2.88. The average molecular weight is 224 g/mol. The fourth-order valence-corrected chi connectivity index (χ4v) is 1.10. The zero-order chi connectivity index (χ0) is 12.1. The monoisotopic (exact) mass is 224 g/mol. The second-order valence-electron chi connectivity index (χ2n) is 2.88. The van der Waals surface area contributed by atoms with Gasteiger partial charge in [0.2, 0.25) is 5.91 Å². The molecule has 5 nitrogen and oxygen atoms in total. The molecule has 1 amide bonds. The Hall–Kier alpha value is -2.24. The minimum Gasteiger partial charge on any atom is -0.314 e. The van der Waals surface area contributed by atoms with Crippen LogP contribution in [0.2, 0.25) is 0 Å². The van der Waals surface area contributed by atoms with E-state index in [4.69, 9.17) is 0 Å². The Morgan fingerprint density at radius 2 is 2.25 bits per heavy atom. The minimum absolute atomic E-state index is 0.421. The Kier molecular flexibility index (Phi) is 3.71. The van der Waals surface area contributed by atoms with E-state index < -0.39 is 28.0 Å². The zero-order valence-electron chi connectivity index (χ0n) is 8.44.